The van der Waals surface area contributed by atoms with Gasteiger partial charge in [-0.05, 0) is 12.1 Å². The molecule has 2 rings (SSSR count). The minimum Gasteiger partial charge on any atom is -0.294 e. The van der Waals surface area contributed by atoms with Crippen LogP contribution >= 0.6 is 0 Å². The summed E-state index contributed by atoms with van der Waals surface area (Å²) in [6.07, 6.45) is 3.48. The maximum atomic E-state index is 11.8. The Hall–Kier alpha value is -1.64. The molecule has 0 unspecified atom stereocenters. The predicted octanol–water partition coefficient (Wildman–Crippen LogP) is 2.17. The molecule has 2 heterocycles. The number of carbonyl (C=O) groups is 1. The largest absolute Gasteiger partial charge is 0.294 e. The number of Topliss-reactive ketones (excluding diaryl/α,β-unsaturated/α-hetero) is 1. The van der Waals surface area contributed by atoms with Crippen LogP contribution in [0.3, 0.4) is 0 Å². The highest BCUT2D eigenvalue weighted by Crippen LogP contribution is 2.14. The lowest BCUT2D eigenvalue weighted by Gasteiger charge is -2.01. The van der Waals surface area contributed by atoms with Crippen molar-refractivity contribution in [3.05, 3.63) is 36.2 Å². The van der Waals surface area contributed by atoms with Crippen LogP contribution in [0, 0.1) is 5.92 Å². The highest BCUT2D eigenvalue weighted by molar-refractivity contribution is 6.03. The molecule has 0 aliphatic heterocycles. The van der Waals surface area contributed by atoms with E-state index in [0.29, 0.717) is 5.56 Å². The molecule has 0 radical (unpaired) electrons. The molecule has 14 heavy (non-hydrogen) atoms. The molecule has 3 heteroatoms. The van der Waals surface area contributed by atoms with E-state index in [9.17, 15) is 4.79 Å². The number of ketones is 1. The van der Waals surface area contributed by atoms with Crippen molar-refractivity contribution in [1.82, 2.24) is 9.61 Å². The lowest BCUT2D eigenvalue weighted by Crippen LogP contribution is -2.06. The third kappa shape index (κ3) is 1.31. The molecule has 0 amide bonds. The van der Waals surface area contributed by atoms with Gasteiger partial charge in [-0.15, -0.1) is 0 Å². The summed E-state index contributed by atoms with van der Waals surface area (Å²) >= 11 is 0. The Bertz CT molecular complexity index is 471. The van der Waals surface area contributed by atoms with Gasteiger partial charge in [0, 0.05) is 12.1 Å². The average Bonchev–Trinajstić information content (AvgIpc) is 2.60. The second kappa shape index (κ2) is 3.25. The molecule has 72 valence electrons. The average molecular weight is 188 g/mol. The molecule has 3 nitrogen and oxygen atoms in total. The Morgan fingerprint density at radius 1 is 1.43 bits per heavy atom. The first-order valence-electron chi connectivity index (χ1n) is 4.66. The van der Waals surface area contributed by atoms with Crippen molar-refractivity contribution in [2.45, 2.75) is 13.8 Å². The first-order chi connectivity index (χ1) is 6.70. The second-order valence-electron chi connectivity index (χ2n) is 3.61. The van der Waals surface area contributed by atoms with Crippen LogP contribution in [0.1, 0.15) is 24.2 Å². The van der Waals surface area contributed by atoms with Gasteiger partial charge >= 0.3 is 0 Å². The molecular formula is C11H12N2O. The summed E-state index contributed by atoms with van der Waals surface area (Å²) in [5.41, 5.74) is 1.59. The minimum absolute atomic E-state index is 0.0169. The van der Waals surface area contributed by atoms with Crippen LogP contribution in [0.15, 0.2) is 30.6 Å². The summed E-state index contributed by atoms with van der Waals surface area (Å²) < 4.78 is 1.72. The summed E-state index contributed by atoms with van der Waals surface area (Å²) in [5, 5.41) is 4.12. The number of nitrogens with zero attached hydrogens (tertiary/aromatic N) is 2. The van der Waals surface area contributed by atoms with E-state index in [1.54, 1.807) is 10.7 Å². The molecule has 0 aliphatic carbocycles. The fourth-order valence-electron chi connectivity index (χ4n) is 1.44. The van der Waals surface area contributed by atoms with Gasteiger partial charge < -0.3 is 0 Å². The van der Waals surface area contributed by atoms with Gasteiger partial charge in [-0.1, -0.05) is 19.9 Å². The third-order valence-corrected chi connectivity index (χ3v) is 2.22. The lowest BCUT2D eigenvalue weighted by atomic mass is 10.0. The maximum Gasteiger partial charge on any atom is 0.169 e. The summed E-state index contributed by atoms with van der Waals surface area (Å²) in [4.78, 5) is 11.8. The van der Waals surface area contributed by atoms with E-state index in [0.717, 1.165) is 5.52 Å². The van der Waals surface area contributed by atoms with Crippen LogP contribution in [-0.2, 0) is 0 Å². The number of pyridine rings is 1. The summed E-state index contributed by atoms with van der Waals surface area (Å²) in [7, 11) is 0. The van der Waals surface area contributed by atoms with Crippen molar-refractivity contribution in [2.75, 3.05) is 0 Å². The Morgan fingerprint density at radius 3 is 2.93 bits per heavy atom. The fraction of sp³-hybridized carbons (Fsp3) is 0.273. The van der Waals surface area contributed by atoms with Crippen molar-refractivity contribution in [3.63, 3.8) is 0 Å². The topological polar surface area (TPSA) is 34.4 Å². The van der Waals surface area contributed by atoms with E-state index < -0.39 is 0 Å². The van der Waals surface area contributed by atoms with Crippen LogP contribution in [-0.4, -0.2) is 15.4 Å². The predicted molar refractivity (Wildman–Crippen MR) is 54.4 cm³/mol. The van der Waals surface area contributed by atoms with E-state index in [4.69, 9.17) is 0 Å². The lowest BCUT2D eigenvalue weighted by molar-refractivity contribution is 0.0941. The van der Waals surface area contributed by atoms with E-state index >= 15 is 0 Å². The van der Waals surface area contributed by atoms with Crippen LogP contribution in [0.25, 0.3) is 5.52 Å². The van der Waals surface area contributed by atoms with Crippen LogP contribution < -0.4 is 0 Å². The highest BCUT2D eigenvalue weighted by atomic mass is 16.1. The SMILES string of the molecule is CC(C)C(=O)c1cnn2ccccc12. The van der Waals surface area contributed by atoms with Gasteiger partial charge in [-0.3, -0.25) is 4.79 Å². The molecular weight excluding hydrogens is 176 g/mol. The zero-order valence-electron chi connectivity index (χ0n) is 8.27. The Balaban J connectivity index is 2.58. The minimum atomic E-state index is 0.0169. The smallest absolute Gasteiger partial charge is 0.169 e. The summed E-state index contributed by atoms with van der Waals surface area (Å²) in [6.45, 7) is 3.80. The molecule has 2 aromatic rings. The monoisotopic (exact) mass is 188 g/mol. The van der Waals surface area contributed by atoms with Gasteiger partial charge in [0.25, 0.3) is 0 Å². The van der Waals surface area contributed by atoms with E-state index in [2.05, 4.69) is 5.10 Å². The number of carbonyl (C=O) groups excluding carboxylic acids is 1. The zero-order chi connectivity index (χ0) is 10.1. The van der Waals surface area contributed by atoms with Gasteiger partial charge in [-0.2, -0.15) is 5.10 Å². The van der Waals surface area contributed by atoms with Crippen LogP contribution in [0.4, 0.5) is 0 Å². The Morgan fingerprint density at radius 2 is 2.21 bits per heavy atom. The Labute approximate surface area is 82.4 Å². The van der Waals surface area contributed by atoms with Gasteiger partial charge in [-0.25, -0.2) is 4.52 Å². The van der Waals surface area contributed by atoms with Gasteiger partial charge in [0.15, 0.2) is 5.78 Å². The third-order valence-electron chi connectivity index (χ3n) is 2.22. The van der Waals surface area contributed by atoms with Crippen LogP contribution in [0.2, 0.25) is 0 Å². The molecule has 0 saturated carbocycles. The van der Waals surface area contributed by atoms with Crippen molar-refractivity contribution in [2.24, 2.45) is 5.92 Å². The normalized spacial score (nSPS) is 11.1. The molecule has 0 spiro atoms. The number of aromatic nitrogens is 2. The molecule has 0 aromatic carbocycles. The van der Waals surface area contributed by atoms with Crippen molar-refractivity contribution >= 4 is 11.3 Å². The van der Waals surface area contributed by atoms with Crippen molar-refractivity contribution < 1.29 is 4.79 Å². The number of rotatable bonds is 2. The quantitative estimate of drug-likeness (QED) is 0.677. The summed E-state index contributed by atoms with van der Waals surface area (Å²) in [5.74, 6) is 0.161. The van der Waals surface area contributed by atoms with E-state index in [1.165, 1.54) is 0 Å². The number of fused-ring (bicyclic) bond motifs is 1. The first-order valence-corrected chi connectivity index (χ1v) is 4.66. The Kier molecular flexibility index (Phi) is 2.08. The number of hydrogen-bond acceptors (Lipinski definition) is 2. The molecule has 0 N–H and O–H groups in total. The van der Waals surface area contributed by atoms with Gasteiger partial charge in [0.05, 0.1) is 17.3 Å². The van der Waals surface area contributed by atoms with E-state index in [-0.39, 0.29) is 11.7 Å². The molecule has 0 atom stereocenters. The molecule has 0 fully saturated rings. The standard InChI is InChI=1S/C11H12N2O/c1-8(2)11(14)9-7-12-13-6-4-3-5-10(9)13/h3-8H,1-2H3. The molecule has 2 aromatic heterocycles. The second-order valence-corrected chi connectivity index (χ2v) is 3.61. The molecule has 0 saturated heterocycles. The first kappa shape index (κ1) is 8.94. The van der Waals surface area contributed by atoms with Crippen LogP contribution in [0.5, 0.6) is 0 Å². The zero-order valence-corrected chi connectivity index (χ0v) is 8.27. The highest BCUT2D eigenvalue weighted by Gasteiger charge is 2.14. The summed E-state index contributed by atoms with van der Waals surface area (Å²) in [6, 6.07) is 5.71. The maximum absolute atomic E-state index is 11.8. The van der Waals surface area contributed by atoms with Gasteiger partial charge in [0.1, 0.15) is 0 Å². The van der Waals surface area contributed by atoms with Gasteiger partial charge in [0.2, 0.25) is 0 Å². The fourth-order valence-corrected chi connectivity index (χ4v) is 1.44. The van der Waals surface area contributed by atoms with E-state index in [1.807, 2.05) is 38.2 Å². The van der Waals surface area contributed by atoms with Crippen molar-refractivity contribution in [1.29, 1.82) is 0 Å². The molecule has 0 aliphatic rings. The van der Waals surface area contributed by atoms with Crippen molar-refractivity contribution in [3.8, 4) is 0 Å². The molecule has 0 bridgehead atoms. The number of hydrogen-bond donors (Lipinski definition) is 0.